The largest absolute Gasteiger partial charge is 0.396 e. The van der Waals surface area contributed by atoms with Crippen LogP contribution in [0.15, 0.2) is 10.9 Å². The molecule has 0 saturated heterocycles. The fourth-order valence-electron chi connectivity index (χ4n) is 1.14. The maximum Gasteiger partial charge on any atom is 0.252 e. The summed E-state index contributed by atoms with van der Waals surface area (Å²) in [5.74, 6) is 1.43. The molecule has 1 rings (SSSR count). The Kier molecular flexibility index (Phi) is 4.30. The van der Waals surface area contributed by atoms with Crippen molar-refractivity contribution in [3.05, 3.63) is 22.2 Å². The molecule has 0 bridgehead atoms. The van der Waals surface area contributed by atoms with Gasteiger partial charge in [-0.05, 0) is 6.42 Å². The molecule has 0 aliphatic carbocycles. The molecule has 1 heterocycles. The standard InChI is InChI=1S/C10H17N3O2/c1-7(2)10-12-8(6-9(15)13-10)11-4-3-5-14/h6-7,14H,3-5H2,1-2H3,(H2,11,12,13,15). The quantitative estimate of drug-likeness (QED) is 0.626. The second-order valence-electron chi connectivity index (χ2n) is 3.67. The molecule has 0 aromatic carbocycles. The first kappa shape index (κ1) is 11.7. The molecule has 0 unspecified atom stereocenters. The number of anilines is 1. The van der Waals surface area contributed by atoms with Crippen LogP contribution in [0.2, 0.25) is 0 Å². The lowest BCUT2D eigenvalue weighted by molar-refractivity contribution is 0.292. The van der Waals surface area contributed by atoms with E-state index in [0.29, 0.717) is 24.6 Å². The van der Waals surface area contributed by atoms with Gasteiger partial charge in [-0.1, -0.05) is 13.8 Å². The van der Waals surface area contributed by atoms with Gasteiger partial charge in [-0.25, -0.2) is 4.98 Å². The zero-order chi connectivity index (χ0) is 11.3. The van der Waals surface area contributed by atoms with Crippen molar-refractivity contribution in [1.29, 1.82) is 0 Å². The molecule has 0 fully saturated rings. The minimum absolute atomic E-state index is 0.132. The van der Waals surface area contributed by atoms with Gasteiger partial charge in [0.2, 0.25) is 0 Å². The highest BCUT2D eigenvalue weighted by Gasteiger charge is 2.04. The van der Waals surface area contributed by atoms with Crippen LogP contribution in [0.5, 0.6) is 0 Å². The van der Waals surface area contributed by atoms with Crippen LogP contribution in [-0.4, -0.2) is 28.2 Å². The van der Waals surface area contributed by atoms with Crippen LogP contribution in [0.3, 0.4) is 0 Å². The molecule has 0 aliphatic heterocycles. The smallest absolute Gasteiger partial charge is 0.252 e. The highest BCUT2D eigenvalue weighted by molar-refractivity contribution is 5.33. The third kappa shape index (κ3) is 3.71. The summed E-state index contributed by atoms with van der Waals surface area (Å²) in [6.45, 7) is 4.68. The van der Waals surface area contributed by atoms with Gasteiger partial charge in [-0.3, -0.25) is 4.79 Å². The summed E-state index contributed by atoms with van der Waals surface area (Å²) in [4.78, 5) is 18.2. The summed E-state index contributed by atoms with van der Waals surface area (Å²) < 4.78 is 0. The normalized spacial score (nSPS) is 10.7. The third-order valence-corrected chi connectivity index (χ3v) is 1.95. The summed E-state index contributed by atoms with van der Waals surface area (Å²) in [6.07, 6.45) is 0.644. The maximum absolute atomic E-state index is 11.3. The Morgan fingerprint density at radius 3 is 2.93 bits per heavy atom. The summed E-state index contributed by atoms with van der Waals surface area (Å²) >= 11 is 0. The minimum atomic E-state index is -0.153. The Morgan fingerprint density at radius 1 is 1.60 bits per heavy atom. The molecule has 5 heteroatoms. The number of aliphatic hydroxyl groups is 1. The highest BCUT2D eigenvalue weighted by atomic mass is 16.3. The maximum atomic E-state index is 11.3. The Morgan fingerprint density at radius 2 is 2.33 bits per heavy atom. The van der Waals surface area contributed by atoms with Crippen LogP contribution in [-0.2, 0) is 0 Å². The average Bonchev–Trinajstić information content (AvgIpc) is 2.17. The number of nitrogens with zero attached hydrogens (tertiary/aromatic N) is 1. The van der Waals surface area contributed by atoms with Crippen molar-refractivity contribution in [3.8, 4) is 0 Å². The van der Waals surface area contributed by atoms with Crippen LogP contribution in [0, 0.1) is 0 Å². The number of H-pyrrole nitrogens is 1. The second kappa shape index (κ2) is 5.50. The monoisotopic (exact) mass is 211 g/mol. The fourth-order valence-corrected chi connectivity index (χ4v) is 1.14. The lowest BCUT2D eigenvalue weighted by Crippen LogP contribution is -2.15. The minimum Gasteiger partial charge on any atom is -0.396 e. The van der Waals surface area contributed by atoms with Gasteiger partial charge in [0.25, 0.3) is 5.56 Å². The third-order valence-electron chi connectivity index (χ3n) is 1.95. The average molecular weight is 211 g/mol. The molecule has 0 radical (unpaired) electrons. The summed E-state index contributed by atoms with van der Waals surface area (Å²) in [5.41, 5.74) is -0.153. The number of hydrogen-bond donors (Lipinski definition) is 3. The first-order chi connectivity index (χ1) is 7.13. The van der Waals surface area contributed by atoms with Gasteiger partial charge in [0.1, 0.15) is 11.6 Å². The van der Waals surface area contributed by atoms with Gasteiger partial charge in [0, 0.05) is 25.1 Å². The molecule has 0 amide bonds. The number of aromatic nitrogens is 2. The lowest BCUT2D eigenvalue weighted by atomic mass is 10.2. The number of hydrogen-bond acceptors (Lipinski definition) is 4. The van der Waals surface area contributed by atoms with Gasteiger partial charge in [-0.15, -0.1) is 0 Å². The van der Waals surface area contributed by atoms with Gasteiger partial charge in [-0.2, -0.15) is 0 Å². The predicted molar refractivity (Wildman–Crippen MR) is 59.1 cm³/mol. The molecule has 15 heavy (non-hydrogen) atoms. The van der Waals surface area contributed by atoms with E-state index >= 15 is 0 Å². The van der Waals surface area contributed by atoms with E-state index < -0.39 is 0 Å². The van der Waals surface area contributed by atoms with Gasteiger partial charge >= 0.3 is 0 Å². The number of nitrogens with one attached hydrogen (secondary N) is 2. The van der Waals surface area contributed by atoms with E-state index in [0.717, 1.165) is 0 Å². The first-order valence-electron chi connectivity index (χ1n) is 5.09. The number of aromatic amines is 1. The molecule has 0 saturated carbocycles. The fraction of sp³-hybridized carbons (Fsp3) is 0.600. The molecular formula is C10H17N3O2. The second-order valence-corrected chi connectivity index (χ2v) is 3.67. The number of rotatable bonds is 5. The van der Waals surface area contributed by atoms with Crippen LogP contribution >= 0.6 is 0 Å². The Labute approximate surface area is 88.6 Å². The van der Waals surface area contributed by atoms with Crippen LogP contribution in [0.25, 0.3) is 0 Å². The van der Waals surface area contributed by atoms with Crippen molar-refractivity contribution >= 4 is 5.82 Å². The van der Waals surface area contributed by atoms with Crippen molar-refractivity contribution in [3.63, 3.8) is 0 Å². The van der Waals surface area contributed by atoms with Crippen molar-refractivity contribution in [2.45, 2.75) is 26.2 Å². The molecule has 3 N–H and O–H groups in total. The molecule has 1 aromatic heterocycles. The molecule has 0 spiro atoms. The predicted octanol–water partition coefficient (Wildman–Crippen LogP) is 0.688. The molecule has 0 atom stereocenters. The van der Waals surface area contributed by atoms with Crippen molar-refractivity contribution < 1.29 is 5.11 Å². The van der Waals surface area contributed by atoms with E-state index in [9.17, 15) is 4.79 Å². The highest BCUT2D eigenvalue weighted by Crippen LogP contribution is 2.08. The van der Waals surface area contributed by atoms with Crippen molar-refractivity contribution in [2.24, 2.45) is 0 Å². The van der Waals surface area contributed by atoms with E-state index in [2.05, 4.69) is 15.3 Å². The molecule has 5 nitrogen and oxygen atoms in total. The van der Waals surface area contributed by atoms with Crippen molar-refractivity contribution in [2.75, 3.05) is 18.5 Å². The zero-order valence-electron chi connectivity index (χ0n) is 9.08. The van der Waals surface area contributed by atoms with Gasteiger partial charge in [0.05, 0.1) is 0 Å². The number of aliphatic hydroxyl groups excluding tert-OH is 1. The van der Waals surface area contributed by atoms with E-state index in [-0.39, 0.29) is 18.1 Å². The SMILES string of the molecule is CC(C)c1nc(NCCCO)cc(=O)[nH]1. The lowest BCUT2D eigenvalue weighted by Gasteiger charge is -2.08. The zero-order valence-corrected chi connectivity index (χ0v) is 9.08. The molecule has 0 aliphatic rings. The Balaban J connectivity index is 2.75. The van der Waals surface area contributed by atoms with E-state index in [1.165, 1.54) is 6.07 Å². The van der Waals surface area contributed by atoms with Crippen LogP contribution in [0.4, 0.5) is 5.82 Å². The molecular weight excluding hydrogens is 194 g/mol. The van der Waals surface area contributed by atoms with Gasteiger partial charge < -0.3 is 15.4 Å². The van der Waals surface area contributed by atoms with Crippen LogP contribution in [0.1, 0.15) is 32.0 Å². The molecule has 1 aromatic rings. The van der Waals surface area contributed by atoms with E-state index in [4.69, 9.17) is 5.11 Å². The Bertz CT molecular complexity index is 360. The van der Waals surface area contributed by atoms with E-state index in [1.54, 1.807) is 0 Å². The first-order valence-corrected chi connectivity index (χ1v) is 5.09. The summed E-state index contributed by atoms with van der Waals surface area (Å²) in [5, 5.41) is 11.6. The summed E-state index contributed by atoms with van der Waals surface area (Å²) in [6, 6.07) is 1.42. The Hall–Kier alpha value is -1.36. The summed E-state index contributed by atoms with van der Waals surface area (Å²) in [7, 11) is 0. The molecule has 84 valence electrons. The van der Waals surface area contributed by atoms with Crippen LogP contribution < -0.4 is 10.9 Å². The van der Waals surface area contributed by atoms with E-state index in [1.807, 2.05) is 13.8 Å². The topological polar surface area (TPSA) is 78.0 Å². The van der Waals surface area contributed by atoms with Gasteiger partial charge in [0.15, 0.2) is 0 Å². The van der Waals surface area contributed by atoms with Crippen molar-refractivity contribution in [1.82, 2.24) is 9.97 Å².